The Kier molecular flexibility index (Phi) is 5.82. The number of anilines is 2. The first-order valence-electron chi connectivity index (χ1n) is 10.9. The maximum atomic E-state index is 12.7. The third kappa shape index (κ3) is 4.69. The van der Waals surface area contributed by atoms with E-state index in [0.29, 0.717) is 16.8 Å². The number of carbonyl (C=O) groups is 2. The second-order valence-electron chi connectivity index (χ2n) is 7.85. The van der Waals surface area contributed by atoms with Gasteiger partial charge in [-0.3, -0.25) is 14.6 Å². The van der Waals surface area contributed by atoms with Gasteiger partial charge in [0.1, 0.15) is 0 Å². The predicted octanol–water partition coefficient (Wildman–Crippen LogP) is 6.41. The summed E-state index contributed by atoms with van der Waals surface area (Å²) in [6, 6.07) is 33.9. The van der Waals surface area contributed by atoms with E-state index in [1.54, 1.807) is 12.3 Å². The summed E-state index contributed by atoms with van der Waals surface area (Å²) >= 11 is 0. The second-order valence-corrected chi connectivity index (χ2v) is 7.85. The van der Waals surface area contributed by atoms with E-state index in [4.69, 9.17) is 0 Å². The van der Waals surface area contributed by atoms with Gasteiger partial charge in [0.15, 0.2) is 0 Å². The van der Waals surface area contributed by atoms with E-state index >= 15 is 0 Å². The quantitative estimate of drug-likeness (QED) is 0.330. The van der Waals surface area contributed by atoms with Gasteiger partial charge in [-0.05, 0) is 59.3 Å². The molecule has 1 heterocycles. The molecule has 5 nitrogen and oxygen atoms in total. The molecule has 0 bridgehead atoms. The van der Waals surface area contributed by atoms with Crippen LogP contribution in [0, 0.1) is 0 Å². The lowest BCUT2D eigenvalue weighted by atomic mass is 10.1. The van der Waals surface area contributed by atoms with Crippen LogP contribution < -0.4 is 10.6 Å². The fourth-order valence-corrected chi connectivity index (χ4v) is 3.68. The van der Waals surface area contributed by atoms with Crippen LogP contribution in [-0.2, 0) is 0 Å². The average molecular weight is 444 g/mol. The number of fused-ring (bicyclic) bond motifs is 1. The van der Waals surface area contributed by atoms with Gasteiger partial charge < -0.3 is 10.6 Å². The fourth-order valence-electron chi connectivity index (χ4n) is 3.68. The van der Waals surface area contributed by atoms with E-state index in [9.17, 15) is 9.59 Å². The molecule has 5 aromatic rings. The molecule has 0 aliphatic heterocycles. The molecule has 5 rings (SSSR count). The molecule has 0 aliphatic carbocycles. The molecule has 1 aromatic heterocycles. The van der Waals surface area contributed by atoms with Gasteiger partial charge in [0.05, 0.1) is 11.3 Å². The largest absolute Gasteiger partial charge is 0.322 e. The number of pyridine rings is 1. The zero-order valence-corrected chi connectivity index (χ0v) is 18.2. The number of rotatable bonds is 5. The third-order valence-electron chi connectivity index (χ3n) is 5.51. The van der Waals surface area contributed by atoms with Crippen LogP contribution in [0.25, 0.3) is 22.0 Å². The van der Waals surface area contributed by atoms with Crippen LogP contribution in [0.3, 0.4) is 0 Å². The van der Waals surface area contributed by atoms with Crippen LogP contribution in [0.4, 0.5) is 11.4 Å². The van der Waals surface area contributed by atoms with Gasteiger partial charge in [-0.2, -0.15) is 0 Å². The summed E-state index contributed by atoms with van der Waals surface area (Å²) in [5, 5.41) is 7.91. The monoisotopic (exact) mass is 443 g/mol. The standard InChI is InChI=1S/C29H21N3O2/c33-28(23-11-10-20-6-4-5-7-22(20)18-23)32-26-15-12-21(13-16-26)27-17-14-24(19-30-27)29(34)31-25-8-2-1-3-9-25/h1-19H,(H,31,34)(H,32,33). The minimum absolute atomic E-state index is 0.162. The first-order valence-corrected chi connectivity index (χ1v) is 10.9. The minimum atomic E-state index is -0.211. The normalized spacial score (nSPS) is 10.6. The number of hydrogen-bond acceptors (Lipinski definition) is 3. The van der Waals surface area contributed by atoms with E-state index in [0.717, 1.165) is 27.7 Å². The SMILES string of the molecule is O=C(Nc1ccccc1)c1ccc(-c2ccc(NC(=O)c3ccc4ccccc4c3)cc2)nc1. The van der Waals surface area contributed by atoms with E-state index in [2.05, 4.69) is 15.6 Å². The highest BCUT2D eigenvalue weighted by Crippen LogP contribution is 2.21. The Morgan fingerprint density at radius 2 is 1.18 bits per heavy atom. The Hall–Kier alpha value is -4.77. The van der Waals surface area contributed by atoms with Gasteiger partial charge in [-0.15, -0.1) is 0 Å². The van der Waals surface area contributed by atoms with Gasteiger partial charge in [0, 0.05) is 28.7 Å². The molecule has 2 amide bonds. The van der Waals surface area contributed by atoms with Crippen LogP contribution in [0.2, 0.25) is 0 Å². The Morgan fingerprint density at radius 1 is 0.559 bits per heavy atom. The van der Waals surface area contributed by atoms with E-state index in [-0.39, 0.29) is 11.8 Å². The number of hydrogen-bond donors (Lipinski definition) is 2. The zero-order chi connectivity index (χ0) is 23.3. The van der Waals surface area contributed by atoms with Crippen LogP contribution in [-0.4, -0.2) is 16.8 Å². The highest BCUT2D eigenvalue weighted by atomic mass is 16.2. The number of aromatic nitrogens is 1. The zero-order valence-electron chi connectivity index (χ0n) is 18.2. The van der Waals surface area contributed by atoms with Crippen molar-refractivity contribution in [1.82, 2.24) is 4.98 Å². The van der Waals surface area contributed by atoms with Gasteiger partial charge in [-0.1, -0.05) is 60.7 Å². The third-order valence-corrected chi connectivity index (χ3v) is 5.51. The van der Waals surface area contributed by atoms with Crippen molar-refractivity contribution in [2.24, 2.45) is 0 Å². The van der Waals surface area contributed by atoms with E-state index in [1.165, 1.54) is 0 Å². The second kappa shape index (κ2) is 9.38. The predicted molar refractivity (Wildman–Crippen MR) is 136 cm³/mol. The molecule has 0 spiro atoms. The molecule has 5 heteroatoms. The molecule has 0 radical (unpaired) electrons. The van der Waals surface area contributed by atoms with Crippen molar-refractivity contribution in [3.8, 4) is 11.3 Å². The number of benzene rings is 4. The highest BCUT2D eigenvalue weighted by molar-refractivity contribution is 6.06. The maximum Gasteiger partial charge on any atom is 0.257 e. The number of para-hydroxylation sites is 1. The van der Waals surface area contributed by atoms with Crippen LogP contribution in [0.5, 0.6) is 0 Å². The topological polar surface area (TPSA) is 71.1 Å². The lowest BCUT2D eigenvalue weighted by Crippen LogP contribution is -2.12. The van der Waals surface area contributed by atoms with Crippen molar-refractivity contribution in [1.29, 1.82) is 0 Å². The first-order chi connectivity index (χ1) is 16.7. The molecule has 0 fully saturated rings. The van der Waals surface area contributed by atoms with Crippen molar-refractivity contribution in [3.63, 3.8) is 0 Å². The van der Waals surface area contributed by atoms with Gasteiger partial charge >= 0.3 is 0 Å². The molecular weight excluding hydrogens is 422 g/mol. The van der Waals surface area contributed by atoms with Crippen molar-refractivity contribution in [2.45, 2.75) is 0 Å². The first kappa shape index (κ1) is 21.1. The fraction of sp³-hybridized carbons (Fsp3) is 0. The molecule has 34 heavy (non-hydrogen) atoms. The molecule has 4 aromatic carbocycles. The lowest BCUT2D eigenvalue weighted by Gasteiger charge is -2.08. The summed E-state index contributed by atoms with van der Waals surface area (Å²) in [4.78, 5) is 29.5. The van der Waals surface area contributed by atoms with Crippen molar-refractivity contribution < 1.29 is 9.59 Å². The number of carbonyl (C=O) groups excluding carboxylic acids is 2. The molecule has 0 saturated carbocycles. The van der Waals surface area contributed by atoms with E-state index < -0.39 is 0 Å². The number of nitrogens with one attached hydrogen (secondary N) is 2. The average Bonchev–Trinajstić information content (AvgIpc) is 2.89. The smallest absolute Gasteiger partial charge is 0.257 e. The van der Waals surface area contributed by atoms with Gasteiger partial charge in [-0.25, -0.2) is 0 Å². The molecule has 164 valence electrons. The Morgan fingerprint density at radius 3 is 1.88 bits per heavy atom. The summed E-state index contributed by atoms with van der Waals surface area (Å²) in [6.07, 6.45) is 1.56. The van der Waals surface area contributed by atoms with Crippen molar-refractivity contribution in [2.75, 3.05) is 10.6 Å². The molecule has 2 N–H and O–H groups in total. The number of nitrogens with zero attached hydrogens (tertiary/aromatic N) is 1. The van der Waals surface area contributed by atoms with Crippen LogP contribution in [0.1, 0.15) is 20.7 Å². The Labute approximate surface area is 197 Å². The van der Waals surface area contributed by atoms with Crippen LogP contribution in [0.15, 0.2) is 115 Å². The number of amides is 2. The molecule has 0 saturated heterocycles. The van der Waals surface area contributed by atoms with Gasteiger partial charge in [0.25, 0.3) is 11.8 Å². The summed E-state index contributed by atoms with van der Waals surface area (Å²) < 4.78 is 0. The summed E-state index contributed by atoms with van der Waals surface area (Å²) in [6.45, 7) is 0. The Bertz CT molecular complexity index is 1460. The molecular formula is C29H21N3O2. The summed E-state index contributed by atoms with van der Waals surface area (Å²) in [7, 11) is 0. The molecule has 0 aliphatic rings. The minimum Gasteiger partial charge on any atom is -0.322 e. The van der Waals surface area contributed by atoms with E-state index in [1.807, 2.05) is 103 Å². The van der Waals surface area contributed by atoms with Crippen molar-refractivity contribution in [3.05, 3.63) is 127 Å². The highest BCUT2D eigenvalue weighted by Gasteiger charge is 2.09. The lowest BCUT2D eigenvalue weighted by molar-refractivity contribution is 0.101. The van der Waals surface area contributed by atoms with Gasteiger partial charge in [0.2, 0.25) is 0 Å². The van der Waals surface area contributed by atoms with Crippen molar-refractivity contribution >= 4 is 34.0 Å². The summed E-state index contributed by atoms with van der Waals surface area (Å²) in [5.41, 5.74) is 4.14. The molecule has 0 atom stereocenters. The molecule has 0 unspecified atom stereocenters. The summed E-state index contributed by atoms with van der Waals surface area (Å²) in [5.74, 6) is -0.373. The maximum absolute atomic E-state index is 12.7. The Balaban J connectivity index is 1.25. The van der Waals surface area contributed by atoms with Crippen LogP contribution >= 0.6 is 0 Å².